The molecule has 0 heterocycles. The Bertz CT molecular complexity index is 910. The molecule has 2 aromatic carbocycles. The minimum Gasteiger partial charge on any atom is -0.494 e. The smallest absolute Gasteiger partial charge is 0.306 e. The van der Waals surface area contributed by atoms with E-state index >= 15 is 0 Å². The van der Waals surface area contributed by atoms with Crippen LogP contribution in [0.5, 0.6) is 5.75 Å². The monoisotopic (exact) mass is 400 g/mol. The molecular formula is C21H24N2O6. The van der Waals surface area contributed by atoms with Crippen molar-refractivity contribution in [3.8, 4) is 5.75 Å². The number of esters is 1. The van der Waals surface area contributed by atoms with Crippen LogP contribution in [-0.2, 0) is 20.7 Å². The second-order valence-electron chi connectivity index (χ2n) is 6.46. The summed E-state index contributed by atoms with van der Waals surface area (Å²) in [5.74, 6) is -0.469. The highest BCUT2D eigenvalue weighted by molar-refractivity contribution is 5.95. The Kier molecular flexibility index (Phi) is 7.70. The number of benzene rings is 2. The normalized spacial score (nSPS) is 10.3. The number of nitrogens with one attached hydrogen (secondary N) is 1. The maximum Gasteiger partial charge on any atom is 0.306 e. The van der Waals surface area contributed by atoms with Gasteiger partial charge in [0.1, 0.15) is 11.4 Å². The highest BCUT2D eigenvalue weighted by Gasteiger charge is 2.18. The van der Waals surface area contributed by atoms with Crippen molar-refractivity contribution in [2.75, 3.05) is 18.5 Å². The molecular weight excluding hydrogens is 376 g/mol. The summed E-state index contributed by atoms with van der Waals surface area (Å²) in [6, 6.07) is 10.3. The number of carbonyl (C=O) groups excluding carboxylic acids is 2. The van der Waals surface area contributed by atoms with Crippen LogP contribution in [0.25, 0.3) is 0 Å². The molecule has 1 amide bonds. The number of ether oxygens (including phenoxy) is 2. The van der Waals surface area contributed by atoms with Crippen molar-refractivity contribution in [3.63, 3.8) is 0 Å². The molecule has 8 heteroatoms. The standard InChI is InChI=1S/C21H24N2O6/c1-4-28-19-8-6-5-7-16(19)9-10-21(25)29-13-20(24)22-17-11-14(2)15(3)12-18(17)23(26)27/h5-8,11-12H,4,9-10,13H2,1-3H3,(H,22,24). The first-order valence-electron chi connectivity index (χ1n) is 9.23. The molecule has 1 N–H and O–H groups in total. The van der Waals surface area contributed by atoms with E-state index in [0.717, 1.165) is 16.7 Å². The van der Waals surface area contributed by atoms with E-state index in [1.54, 1.807) is 13.8 Å². The molecule has 29 heavy (non-hydrogen) atoms. The van der Waals surface area contributed by atoms with Crippen molar-refractivity contribution in [2.24, 2.45) is 0 Å². The Morgan fingerprint density at radius 1 is 1.14 bits per heavy atom. The summed E-state index contributed by atoms with van der Waals surface area (Å²) in [5, 5.41) is 13.6. The average Bonchev–Trinajstić information content (AvgIpc) is 2.68. The molecule has 0 saturated heterocycles. The SMILES string of the molecule is CCOc1ccccc1CCC(=O)OCC(=O)Nc1cc(C)c(C)cc1[N+](=O)[O-]. The van der Waals surface area contributed by atoms with Crippen LogP contribution in [0.15, 0.2) is 36.4 Å². The van der Waals surface area contributed by atoms with Gasteiger partial charge in [-0.15, -0.1) is 0 Å². The van der Waals surface area contributed by atoms with Crippen LogP contribution < -0.4 is 10.1 Å². The Balaban J connectivity index is 1.89. The number of aryl methyl sites for hydroxylation is 3. The van der Waals surface area contributed by atoms with Gasteiger partial charge in [-0.2, -0.15) is 0 Å². The van der Waals surface area contributed by atoms with Crippen LogP contribution in [0.2, 0.25) is 0 Å². The van der Waals surface area contributed by atoms with Crippen LogP contribution >= 0.6 is 0 Å². The molecule has 0 saturated carbocycles. The summed E-state index contributed by atoms with van der Waals surface area (Å²) in [5.41, 5.74) is 2.29. The first kappa shape index (κ1) is 21.9. The summed E-state index contributed by atoms with van der Waals surface area (Å²) in [6.45, 7) is 5.42. The number of anilines is 1. The molecule has 0 fully saturated rings. The summed E-state index contributed by atoms with van der Waals surface area (Å²) in [7, 11) is 0. The van der Waals surface area contributed by atoms with E-state index in [1.807, 2.05) is 31.2 Å². The summed E-state index contributed by atoms with van der Waals surface area (Å²) < 4.78 is 10.5. The van der Waals surface area contributed by atoms with Gasteiger partial charge in [-0.25, -0.2) is 0 Å². The number of para-hydroxylation sites is 1. The predicted octanol–water partition coefficient (Wildman–Crippen LogP) is 3.72. The second kappa shape index (κ2) is 10.2. The van der Waals surface area contributed by atoms with E-state index < -0.39 is 23.4 Å². The third-order valence-corrected chi connectivity index (χ3v) is 4.32. The zero-order valence-corrected chi connectivity index (χ0v) is 16.7. The Labute approximate surface area is 169 Å². The van der Waals surface area contributed by atoms with Crippen LogP contribution in [0.3, 0.4) is 0 Å². The van der Waals surface area contributed by atoms with Crippen molar-refractivity contribution in [2.45, 2.75) is 33.6 Å². The number of nitrogens with zero attached hydrogens (tertiary/aromatic N) is 1. The number of amides is 1. The van der Waals surface area contributed by atoms with E-state index in [9.17, 15) is 19.7 Å². The fraction of sp³-hybridized carbons (Fsp3) is 0.333. The molecule has 154 valence electrons. The van der Waals surface area contributed by atoms with Gasteiger partial charge in [0.05, 0.1) is 11.5 Å². The molecule has 2 rings (SSSR count). The lowest BCUT2D eigenvalue weighted by Crippen LogP contribution is -2.21. The average molecular weight is 400 g/mol. The lowest BCUT2D eigenvalue weighted by molar-refractivity contribution is -0.384. The zero-order valence-electron chi connectivity index (χ0n) is 16.7. The molecule has 0 atom stereocenters. The fourth-order valence-electron chi connectivity index (χ4n) is 2.70. The van der Waals surface area contributed by atoms with Crippen LogP contribution in [0.1, 0.15) is 30.0 Å². The van der Waals surface area contributed by atoms with E-state index in [1.165, 1.54) is 12.1 Å². The second-order valence-corrected chi connectivity index (χ2v) is 6.46. The molecule has 0 spiro atoms. The van der Waals surface area contributed by atoms with Gasteiger partial charge < -0.3 is 14.8 Å². The maximum atomic E-state index is 12.1. The molecule has 0 aromatic heterocycles. The van der Waals surface area contributed by atoms with E-state index in [2.05, 4.69) is 5.32 Å². The van der Waals surface area contributed by atoms with E-state index in [0.29, 0.717) is 18.8 Å². The van der Waals surface area contributed by atoms with Gasteiger partial charge in [-0.05, 0) is 56.0 Å². The van der Waals surface area contributed by atoms with Gasteiger partial charge >= 0.3 is 5.97 Å². The zero-order chi connectivity index (χ0) is 21.4. The minimum atomic E-state index is -0.639. The Morgan fingerprint density at radius 2 is 1.83 bits per heavy atom. The number of hydrogen-bond donors (Lipinski definition) is 1. The first-order chi connectivity index (χ1) is 13.8. The van der Waals surface area contributed by atoms with E-state index in [4.69, 9.17) is 9.47 Å². The minimum absolute atomic E-state index is 0.0739. The van der Waals surface area contributed by atoms with Crippen molar-refractivity contribution in [1.82, 2.24) is 0 Å². The number of rotatable bonds is 9. The largest absolute Gasteiger partial charge is 0.494 e. The van der Waals surface area contributed by atoms with Gasteiger partial charge in [-0.3, -0.25) is 19.7 Å². The quantitative estimate of drug-likeness (QED) is 0.390. The molecule has 0 radical (unpaired) electrons. The number of carbonyl (C=O) groups is 2. The Hall–Kier alpha value is -3.42. The molecule has 8 nitrogen and oxygen atoms in total. The first-order valence-corrected chi connectivity index (χ1v) is 9.23. The molecule has 0 aliphatic heterocycles. The number of nitro groups is 1. The van der Waals surface area contributed by atoms with Crippen molar-refractivity contribution in [1.29, 1.82) is 0 Å². The van der Waals surface area contributed by atoms with Crippen LogP contribution in [0, 0.1) is 24.0 Å². The van der Waals surface area contributed by atoms with Crippen molar-refractivity contribution in [3.05, 3.63) is 63.2 Å². The molecule has 0 bridgehead atoms. The summed E-state index contributed by atoms with van der Waals surface area (Å²) in [4.78, 5) is 34.7. The summed E-state index contributed by atoms with van der Waals surface area (Å²) in [6.07, 6.45) is 0.500. The highest BCUT2D eigenvalue weighted by Crippen LogP contribution is 2.27. The lowest BCUT2D eigenvalue weighted by atomic mass is 10.1. The van der Waals surface area contributed by atoms with Crippen molar-refractivity contribution >= 4 is 23.3 Å². The molecule has 2 aromatic rings. The van der Waals surface area contributed by atoms with Gasteiger partial charge in [0.25, 0.3) is 11.6 Å². The van der Waals surface area contributed by atoms with Gasteiger partial charge in [-0.1, -0.05) is 18.2 Å². The number of nitro benzene ring substituents is 1. The maximum absolute atomic E-state index is 12.1. The van der Waals surface area contributed by atoms with E-state index in [-0.39, 0.29) is 17.8 Å². The fourth-order valence-corrected chi connectivity index (χ4v) is 2.70. The van der Waals surface area contributed by atoms with Crippen molar-refractivity contribution < 1.29 is 24.0 Å². The van der Waals surface area contributed by atoms with Gasteiger partial charge in [0, 0.05) is 12.5 Å². The topological polar surface area (TPSA) is 108 Å². The lowest BCUT2D eigenvalue weighted by Gasteiger charge is -2.10. The Morgan fingerprint density at radius 3 is 2.52 bits per heavy atom. The molecule has 0 aliphatic carbocycles. The van der Waals surface area contributed by atoms with Gasteiger partial charge in [0.2, 0.25) is 0 Å². The van der Waals surface area contributed by atoms with Gasteiger partial charge in [0.15, 0.2) is 6.61 Å². The molecule has 0 unspecified atom stereocenters. The van der Waals surface area contributed by atoms with Crippen LogP contribution in [0.4, 0.5) is 11.4 Å². The number of hydrogen-bond acceptors (Lipinski definition) is 6. The predicted molar refractivity (Wildman–Crippen MR) is 108 cm³/mol. The highest BCUT2D eigenvalue weighted by atomic mass is 16.6. The third-order valence-electron chi connectivity index (χ3n) is 4.32. The molecule has 0 aliphatic rings. The van der Waals surface area contributed by atoms with Crippen LogP contribution in [-0.4, -0.2) is 30.0 Å². The summed E-state index contributed by atoms with van der Waals surface area (Å²) >= 11 is 0. The third kappa shape index (κ3) is 6.31.